The lowest BCUT2D eigenvalue weighted by Crippen LogP contribution is -2.22. The van der Waals surface area contributed by atoms with E-state index in [2.05, 4.69) is 63.8 Å². The number of nitrogens with one attached hydrogen (secondary N) is 2. The Labute approximate surface area is 165 Å². The molecule has 5 rings (SSSR count). The highest BCUT2D eigenvalue weighted by molar-refractivity contribution is 5.95. The highest BCUT2D eigenvalue weighted by Gasteiger charge is 2.15. The van der Waals surface area contributed by atoms with Crippen LogP contribution in [-0.2, 0) is 0 Å². The van der Waals surface area contributed by atoms with E-state index in [0.29, 0.717) is 6.04 Å². The Morgan fingerprint density at radius 2 is 1.75 bits per heavy atom. The van der Waals surface area contributed by atoms with Crippen molar-refractivity contribution in [1.82, 2.24) is 15.0 Å². The molecule has 0 amide bonds. The summed E-state index contributed by atoms with van der Waals surface area (Å²) in [6.45, 7) is 0. The predicted octanol–water partition coefficient (Wildman–Crippen LogP) is 6.04. The zero-order valence-electron chi connectivity index (χ0n) is 15.9. The van der Waals surface area contributed by atoms with E-state index in [-0.39, 0.29) is 0 Å². The maximum atomic E-state index is 4.90. The van der Waals surface area contributed by atoms with E-state index >= 15 is 0 Å². The molecule has 4 aromatic rings. The molecule has 4 heteroatoms. The SMILES string of the molecule is c1ccc(-c2cnc3[nH]cc(-c4cccc(NC5CCCCC5)n4)c3c2)cc1. The zero-order valence-corrected chi connectivity index (χ0v) is 15.9. The maximum absolute atomic E-state index is 4.90. The summed E-state index contributed by atoms with van der Waals surface area (Å²) in [5.41, 5.74) is 5.24. The van der Waals surface area contributed by atoms with Gasteiger partial charge in [-0.3, -0.25) is 0 Å². The molecule has 0 atom stereocenters. The molecule has 4 nitrogen and oxygen atoms in total. The molecule has 0 unspecified atom stereocenters. The van der Waals surface area contributed by atoms with Gasteiger partial charge in [-0.05, 0) is 36.6 Å². The quantitative estimate of drug-likeness (QED) is 0.462. The van der Waals surface area contributed by atoms with Crippen LogP contribution >= 0.6 is 0 Å². The van der Waals surface area contributed by atoms with E-state index in [1.165, 1.54) is 37.7 Å². The molecule has 1 saturated carbocycles. The molecule has 3 aromatic heterocycles. The first-order valence-corrected chi connectivity index (χ1v) is 10.1. The number of anilines is 1. The lowest BCUT2D eigenvalue weighted by molar-refractivity contribution is 0.462. The van der Waals surface area contributed by atoms with Crippen molar-refractivity contribution in [3.8, 4) is 22.4 Å². The standard InChI is InChI=1S/C24H24N4/c1-3-8-17(9-4-1)18-14-20-21(16-26-24(20)25-15-18)22-12-7-13-23(28-22)27-19-10-5-2-6-11-19/h1,3-4,7-9,12-16,19H,2,5-6,10-11H2,(H,25,26)(H,27,28). The van der Waals surface area contributed by atoms with Crippen LogP contribution in [0.15, 0.2) is 67.0 Å². The van der Waals surface area contributed by atoms with Crippen LogP contribution in [0.2, 0.25) is 0 Å². The van der Waals surface area contributed by atoms with Crippen molar-refractivity contribution in [3.63, 3.8) is 0 Å². The summed E-state index contributed by atoms with van der Waals surface area (Å²) in [6.07, 6.45) is 10.4. The number of H-pyrrole nitrogens is 1. The van der Waals surface area contributed by atoms with E-state index < -0.39 is 0 Å². The lowest BCUT2D eigenvalue weighted by atomic mass is 9.95. The van der Waals surface area contributed by atoms with E-state index in [9.17, 15) is 0 Å². The summed E-state index contributed by atoms with van der Waals surface area (Å²) in [6, 6.07) is 19.3. The first kappa shape index (κ1) is 17.0. The summed E-state index contributed by atoms with van der Waals surface area (Å²) in [5, 5.41) is 4.73. The summed E-state index contributed by atoms with van der Waals surface area (Å²) in [7, 11) is 0. The Morgan fingerprint density at radius 1 is 0.893 bits per heavy atom. The summed E-state index contributed by atoms with van der Waals surface area (Å²) in [5.74, 6) is 0.964. The number of hydrogen-bond acceptors (Lipinski definition) is 3. The number of hydrogen-bond donors (Lipinski definition) is 2. The molecule has 1 fully saturated rings. The van der Waals surface area contributed by atoms with Crippen molar-refractivity contribution >= 4 is 16.9 Å². The van der Waals surface area contributed by atoms with Crippen LogP contribution in [0, 0.1) is 0 Å². The highest BCUT2D eigenvalue weighted by atomic mass is 15.0. The lowest BCUT2D eigenvalue weighted by Gasteiger charge is -2.23. The number of aromatic amines is 1. The molecule has 0 radical (unpaired) electrons. The van der Waals surface area contributed by atoms with Gasteiger partial charge in [-0.25, -0.2) is 9.97 Å². The normalized spacial score (nSPS) is 15.0. The zero-order chi connectivity index (χ0) is 18.8. The van der Waals surface area contributed by atoms with Crippen LogP contribution in [0.5, 0.6) is 0 Å². The Hall–Kier alpha value is -3.14. The smallest absolute Gasteiger partial charge is 0.137 e. The van der Waals surface area contributed by atoms with Gasteiger partial charge in [0.15, 0.2) is 0 Å². The third kappa shape index (κ3) is 3.38. The molecular formula is C24H24N4. The Morgan fingerprint density at radius 3 is 2.61 bits per heavy atom. The van der Waals surface area contributed by atoms with Crippen LogP contribution in [0.1, 0.15) is 32.1 Å². The molecule has 1 aromatic carbocycles. The van der Waals surface area contributed by atoms with Crippen LogP contribution in [0.3, 0.4) is 0 Å². The van der Waals surface area contributed by atoms with Crippen LogP contribution in [0.25, 0.3) is 33.4 Å². The van der Waals surface area contributed by atoms with Gasteiger partial charge in [-0.15, -0.1) is 0 Å². The van der Waals surface area contributed by atoms with Gasteiger partial charge < -0.3 is 10.3 Å². The van der Waals surface area contributed by atoms with Crippen molar-refractivity contribution in [2.45, 2.75) is 38.1 Å². The van der Waals surface area contributed by atoms with Gasteiger partial charge in [0.05, 0.1) is 5.69 Å². The van der Waals surface area contributed by atoms with Gasteiger partial charge in [0.2, 0.25) is 0 Å². The van der Waals surface area contributed by atoms with Gasteiger partial charge in [-0.2, -0.15) is 0 Å². The molecule has 0 saturated heterocycles. The number of rotatable bonds is 4. The topological polar surface area (TPSA) is 53.6 Å². The summed E-state index contributed by atoms with van der Waals surface area (Å²) in [4.78, 5) is 12.8. The molecule has 0 bridgehead atoms. The predicted molar refractivity (Wildman–Crippen MR) is 115 cm³/mol. The van der Waals surface area contributed by atoms with E-state index in [1.54, 1.807) is 0 Å². The van der Waals surface area contributed by atoms with Crippen LogP contribution < -0.4 is 5.32 Å². The number of fused-ring (bicyclic) bond motifs is 1. The number of benzene rings is 1. The second-order valence-electron chi connectivity index (χ2n) is 7.58. The van der Waals surface area contributed by atoms with Crippen molar-refractivity contribution in [1.29, 1.82) is 0 Å². The van der Waals surface area contributed by atoms with E-state index in [4.69, 9.17) is 4.98 Å². The van der Waals surface area contributed by atoms with Gasteiger partial charge in [-0.1, -0.05) is 55.7 Å². The molecule has 2 N–H and O–H groups in total. The molecule has 28 heavy (non-hydrogen) atoms. The van der Waals surface area contributed by atoms with E-state index in [0.717, 1.165) is 33.7 Å². The van der Waals surface area contributed by atoms with Crippen molar-refractivity contribution < 1.29 is 0 Å². The number of pyridine rings is 2. The van der Waals surface area contributed by atoms with Gasteiger partial charge in [0.1, 0.15) is 11.5 Å². The van der Waals surface area contributed by atoms with Gasteiger partial charge >= 0.3 is 0 Å². The fourth-order valence-corrected chi connectivity index (χ4v) is 4.12. The average Bonchev–Trinajstić information content (AvgIpc) is 3.19. The average molecular weight is 368 g/mol. The van der Waals surface area contributed by atoms with E-state index in [1.807, 2.05) is 18.5 Å². The summed E-state index contributed by atoms with van der Waals surface area (Å²) >= 11 is 0. The number of nitrogens with zero attached hydrogens (tertiary/aromatic N) is 2. The summed E-state index contributed by atoms with van der Waals surface area (Å²) < 4.78 is 0. The minimum absolute atomic E-state index is 0.547. The molecule has 140 valence electrons. The molecule has 0 aliphatic heterocycles. The monoisotopic (exact) mass is 368 g/mol. The molecule has 3 heterocycles. The number of aromatic nitrogens is 3. The fraction of sp³-hybridized carbons (Fsp3) is 0.250. The highest BCUT2D eigenvalue weighted by Crippen LogP contribution is 2.31. The first-order valence-electron chi connectivity index (χ1n) is 10.1. The minimum Gasteiger partial charge on any atom is -0.367 e. The van der Waals surface area contributed by atoms with Crippen LogP contribution in [-0.4, -0.2) is 21.0 Å². The van der Waals surface area contributed by atoms with Crippen molar-refractivity contribution in [2.75, 3.05) is 5.32 Å². The molecule has 1 aliphatic carbocycles. The third-order valence-corrected chi connectivity index (χ3v) is 5.62. The van der Waals surface area contributed by atoms with Crippen molar-refractivity contribution in [3.05, 3.63) is 67.0 Å². The Balaban J connectivity index is 1.49. The molecule has 0 spiro atoms. The Kier molecular flexibility index (Phi) is 4.53. The molecule has 1 aliphatic rings. The van der Waals surface area contributed by atoms with Gasteiger partial charge in [0.25, 0.3) is 0 Å². The largest absolute Gasteiger partial charge is 0.367 e. The second kappa shape index (κ2) is 7.47. The Bertz CT molecular complexity index is 1080. The van der Waals surface area contributed by atoms with Crippen LogP contribution in [0.4, 0.5) is 5.82 Å². The minimum atomic E-state index is 0.547. The van der Waals surface area contributed by atoms with Gasteiger partial charge in [0, 0.05) is 34.9 Å². The second-order valence-corrected chi connectivity index (χ2v) is 7.58. The maximum Gasteiger partial charge on any atom is 0.137 e. The molecular weight excluding hydrogens is 344 g/mol. The van der Waals surface area contributed by atoms with Crippen molar-refractivity contribution in [2.24, 2.45) is 0 Å². The third-order valence-electron chi connectivity index (χ3n) is 5.62. The fourth-order valence-electron chi connectivity index (χ4n) is 4.12. The first-order chi connectivity index (χ1) is 13.9.